The van der Waals surface area contributed by atoms with Gasteiger partial charge in [0.15, 0.2) is 0 Å². The van der Waals surface area contributed by atoms with Crippen molar-refractivity contribution < 1.29 is 28.2 Å². The molecule has 0 bridgehead atoms. The van der Waals surface area contributed by atoms with Crippen LogP contribution in [0.15, 0.2) is 29.4 Å². The summed E-state index contributed by atoms with van der Waals surface area (Å²) in [5.41, 5.74) is 0.322. The first-order chi connectivity index (χ1) is 9.81. The lowest BCUT2D eigenvalue weighted by atomic mass is 10.2. The fourth-order valence-electron chi connectivity index (χ4n) is 1.76. The number of aromatic amines is 1. The van der Waals surface area contributed by atoms with Crippen LogP contribution in [0.4, 0.5) is 0 Å². The van der Waals surface area contributed by atoms with Crippen LogP contribution in [0.5, 0.6) is 0 Å². The number of carboxylic acid groups (broad SMARTS) is 2. The van der Waals surface area contributed by atoms with Crippen molar-refractivity contribution in [2.75, 3.05) is 0 Å². The van der Waals surface area contributed by atoms with E-state index in [-0.39, 0.29) is 10.3 Å². The fraction of sp³-hybridized carbons (Fsp3) is 0.182. The Morgan fingerprint density at radius 3 is 2.71 bits per heavy atom. The molecule has 0 saturated heterocycles. The van der Waals surface area contributed by atoms with E-state index in [4.69, 9.17) is 10.2 Å². The zero-order chi connectivity index (χ0) is 15.6. The van der Waals surface area contributed by atoms with Gasteiger partial charge >= 0.3 is 11.9 Å². The average Bonchev–Trinajstić information content (AvgIpc) is 2.81. The first-order valence-electron chi connectivity index (χ1n) is 5.70. The Morgan fingerprint density at radius 2 is 2.10 bits per heavy atom. The minimum absolute atomic E-state index is 0.192. The predicted molar refractivity (Wildman–Crippen MR) is 70.1 cm³/mol. The van der Waals surface area contributed by atoms with E-state index < -0.39 is 34.4 Å². The van der Waals surface area contributed by atoms with Gasteiger partial charge in [-0.25, -0.2) is 13.4 Å². The SMILES string of the molecule is O=C(O)C[C@@H](NS(=O)(=O)c1c[nH]c2ncccc12)C(=O)O. The molecule has 0 aliphatic carbocycles. The van der Waals surface area contributed by atoms with Crippen LogP contribution in [-0.4, -0.2) is 46.6 Å². The molecule has 21 heavy (non-hydrogen) atoms. The number of nitrogens with zero attached hydrogens (tertiary/aromatic N) is 1. The number of nitrogens with one attached hydrogen (secondary N) is 2. The minimum atomic E-state index is -4.20. The van der Waals surface area contributed by atoms with Crippen LogP contribution in [0, 0.1) is 0 Å². The minimum Gasteiger partial charge on any atom is -0.481 e. The summed E-state index contributed by atoms with van der Waals surface area (Å²) in [6, 6.07) is 1.27. The van der Waals surface area contributed by atoms with E-state index in [1.165, 1.54) is 24.5 Å². The molecule has 9 nitrogen and oxygen atoms in total. The normalized spacial score (nSPS) is 13.1. The van der Waals surface area contributed by atoms with Crippen molar-refractivity contribution in [3.05, 3.63) is 24.5 Å². The molecule has 0 aromatic carbocycles. The molecular weight excluding hydrogens is 302 g/mol. The maximum Gasteiger partial charge on any atom is 0.322 e. The number of pyridine rings is 1. The number of rotatable bonds is 6. The predicted octanol–water partition coefficient (Wildman–Crippen LogP) is -0.231. The molecule has 0 saturated carbocycles. The van der Waals surface area contributed by atoms with Crippen molar-refractivity contribution in [3.8, 4) is 0 Å². The molecule has 0 amide bonds. The average molecular weight is 313 g/mol. The third-order valence-corrected chi connectivity index (χ3v) is 4.19. The molecule has 10 heteroatoms. The lowest BCUT2D eigenvalue weighted by Crippen LogP contribution is -2.42. The van der Waals surface area contributed by atoms with Crippen molar-refractivity contribution in [3.63, 3.8) is 0 Å². The smallest absolute Gasteiger partial charge is 0.322 e. The van der Waals surface area contributed by atoms with Crippen LogP contribution < -0.4 is 4.72 Å². The number of hydrogen-bond acceptors (Lipinski definition) is 5. The van der Waals surface area contributed by atoms with E-state index in [2.05, 4.69) is 9.97 Å². The summed E-state index contributed by atoms with van der Waals surface area (Å²) in [5.74, 6) is -3.00. The van der Waals surface area contributed by atoms with Gasteiger partial charge in [0.2, 0.25) is 10.0 Å². The Bertz CT molecular complexity index is 797. The number of carboxylic acids is 2. The van der Waals surface area contributed by atoms with Gasteiger partial charge in [0.1, 0.15) is 16.6 Å². The highest BCUT2D eigenvalue weighted by atomic mass is 32.2. The van der Waals surface area contributed by atoms with Gasteiger partial charge in [0.25, 0.3) is 0 Å². The molecule has 0 radical (unpaired) electrons. The monoisotopic (exact) mass is 313 g/mol. The standard InChI is InChI=1S/C11H11N3O6S/c15-9(16)4-7(11(17)18)14-21(19,20)8-5-13-10-6(8)2-1-3-12-10/h1-3,5,7,14H,4H2,(H,12,13)(H,15,16)(H,17,18)/t7-/m1/s1. The second-order valence-corrected chi connectivity index (χ2v) is 5.84. The molecule has 0 fully saturated rings. The molecule has 2 heterocycles. The summed E-state index contributed by atoms with van der Waals surface area (Å²) in [5, 5.41) is 17.8. The third kappa shape index (κ3) is 3.17. The Balaban J connectivity index is 2.37. The maximum atomic E-state index is 12.2. The largest absolute Gasteiger partial charge is 0.481 e. The van der Waals surface area contributed by atoms with Crippen molar-refractivity contribution in [2.24, 2.45) is 0 Å². The third-order valence-electron chi connectivity index (χ3n) is 2.68. The zero-order valence-electron chi connectivity index (χ0n) is 10.5. The fourth-order valence-corrected chi connectivity index (χ4v) is 3.11. The molecule has 4 N–H and O–H groups in total. The number of aliphatic carboxylic acids is 2. The van der Waals surface area contributed by atoms with Crippen LogP contribution in [0.2, 0.25) is 0 Å². The van der Waals surface area contributed by atoms with E-state index in [9.17, 15) is 18.0 Å². The summed E-state index contributed by atoms with van der Waals surface area (Å²) < 4.78 is 26.2. The Morgan fingerprint density at radius 1 is 1.38 bits per heavy atom. The van der Waals surface area contributed by atoms with E-state index in [0.717, 1.165) is 0 Å². The molecule has 2 aromatic rings. The maximum absolute atomic E-state index is 12.2. The highest BCUT2D eigenvalue weighted by molar-refractivity contribution is 7.89. The molecule has 0 spiro atoms. The molecule has 0 unspecified atom stereocenters. The molecular formula is C11H11N3O6S. The topological polar surface area (TPSA) is 149 Å². The van der Waals surface area contributed by atoms with E-state index in [1.54, 1.807) is 0 Å². The van der Waals surface area contributed by atoms with E-state index in [1.807, 2.05) is 4.72 Å². The first kappa shape index (κ1) is 14.9. The molecule has 112 valence electrons. The molecule has 0 aliphatic rings. The van der Waals surface area contributed by atoms with Crippen LogP contribution in [-0.2, 0) is 19.6 Å². The van der Waals surface area contributed by atoms with Crippen LogP contribution >= 0.6 is 0 Å². The number of carbonyl (C=O) groups is 2. The van der Waals surface area contributed by atoms with Crippen molar-refractivity contribution in [1.82, 2.24) is 14.7 Å². The van der Waals surface area contributed by atoms with Gasteiger partial charge in [-0.1, -0.05) is 0 Å². The second-order valence-electron chi connectivity index (χ2n) is 4.16. The van der Waals surface area contributed by atoms with Gasteiger partial charge in [-0.3, -0.25) is 9.59 Å². The number of H-pyrrole nitrogens is 1. The number of aromatic nitrogens is 2. The Kier molecular flexibility index (Phi) is 3.91. The van der Waals surface area contributed by atoms with E-state index in [0.29, 0.717) is 5.65 Å². The van der Waals surface area contributed by atoms with Crippen molar-refractivity contribution in [1.29, 1.82) is 0 Å². The zero-order valence-corrected chi connectivity index (χ0v) is 11.3. The van der Waals surface area contributed by atoms with Crippen molar-refractivity contribution in [2.45, 2.75) is 17.4 Å². The summed E-state index contributed by atoms with van der Waals surface area (Å²) in [6.07, 6.45) is 1.77. The Labute approximate surface area is 118 Å². The highest BCUT2D eigenvalue weighted by Gasteiger charge is 2.29. The lowest BCUT2D eigenvalue weighted by molar-refractivity contribution is -0.145. The second kappa shape index (κ2) is 5.50. The van der Waals surface area contributed by atoms with Crippen LogP contribution in [0.3, 0.4) is 0 Å². The molecule has 2 aromatic heterocycles. The summed E-state index contributed by atoms with van der Waals surface area (Å²) in [6.45, 7) is 0. The van der Waals surface area contributed by atoms with E-state index >= 15 is 0 Å². The molecule has 1 atom stereocenters. The Hall–Kier alpha value is -2.46. The van der Waals surface area contributed by atoms with Gasteiger partial charge in [-0.15, -0.1) is 0 Å². The number of fused-ring (bicyclic) bond motifs is 1. The quantitative estimate of drug-likeness (QED) is 0.575. The van der Waals surface area contributed by atoms with Crippen molar-refractivity contribution >= 4 is 33.0 Å². The van der Waals surface area contributed by atoms with Crippen LogP contribution in [0.25, 0.3) is 11.0 Å². The highest BCUT2D eigenvalue weighted by Crippen LogP contribution is 2.21. The first-order valence-corrected chi connectivity index (χ1v) is 7.18. The van der Waals surface area contributed by atoms with Gasteiger partial charge < -0.3 is 15.2 Å². The number of hydrogen-bond donors (Lipinski definition) is 4. The summed E-state index contributed by atoms with van der Waals surface area (Å²) >= 11 is 0. The number of sulfonamides is 1. The molecule has 2 rings (SSSR count). The lowest BCUT2D eigenvalue weighted by Gasteiger charge is -2.12. The summed E-state index contributed by atoms with van der Waals surface area (Å²) in [4.78, 5) is 27.9. The van der Waals surface area contributed by atoms with Gasteiger partial charge in [0, 0.05) is 17.8 Å². The van der Waals surface area contributed by atoms with Gasteiger partial charge in [-0.05, 0) is 12.1 Å². The van der Waals surface area contributed by atoms with Gasteiger partial charge in [-0.2, -0.15) is 4.72 Å². The van der Waals surface area contributed by atoms with Crippen LogP contribution in [0.1, 0.15) is 6.42 Å². The van der Waals surface area contributed by atoms with Gasteiger partial charge in [0.05, 0.1) is 6.42 Å². The summed E-state index contributed by atoms with van der Waals surface area (Å²) in [7, 11) is -4.20. The molecule has 0 aliphatic heterocycles.